The van der Waals surface area contributed by atoms with Crippen LogP contribution in [0.15, 0.2) is 29.9 Å². The van der Waals surface area contributed by atoms with Gasteiger partial charge in [-0.1, -0.05) is 0 Å². The first kappa shape index (κ1) is 9.86. The Hall–Kier alpha value is -1.68. The molecule has 76 valence electrons. The highest BCUT2D eigenvalue weighted by atomic mass is 32.1. The van der Waals surface area contributed by atoms with Crippen molar-refractivity contribution in [3.8, 4) is 10.4 Å². The van der Waals surface area contributed by atoms with Gasteiger partial charge in [-0.15, -0.1) is 11.3 Å². The molecule has 2 heterocycles. The minimum atomic E-state index is -0.946. The van der Waals surface area contributed by atoms with E-state index in [9.17, 15) is 4.79 Å². The quantitative estimate of drug-likeness (QED) is 0.844. The second kappa shape index (κ2) is 3.82. The van der Waals surface area contributed by atoms with E-state index in [2.05, 4.69) is 4.98 Å². The van der Waals surface area contributed by atoms with Crippen molar-refractivity contribution < 1.29 is 9.90 Å². The number of thiophene rings is 1. The van der Waals surface area contributed by atoms with E-state index in [1.165, 1.54) is 6.20 Å². The van der Waals surface area contributed by atoms with Crippen LogP contribution in [0.4, 0.5) is 0 Å². The summed E-state index contributed by atoms with van der Waals surface area (Å²) < 4.78 is 0. The minimum absolute atomic E-state index is 0.223. The predicted molar refractivity (Wildman–Crippen MR) is 59.2 cm³/mol. The number of hydrogen-bond acceptors (Lipinski definition) is 3. The second-order valence-corrected chi connectivity index (χ2v) is 4.12. The zero-order valence-electron chi connectivity index (χ0n) is 8.10. The molecule has 2 aromatic heterocycles. The van der Waals surface area contributed by atoms with Crippen molar-refractivity contribution in [1.29, 1.82) is 0 Å². The zero-order chi connectivity index (χ0) is 10.8. The van der Waals surface area contributed by atoms with Crippen LogP contribution in [0.3, 0.4) is 0 Å². The summed E-state index contributed by atoms with van der Waals surface area (Å²) in [5.74, 6) is -0.946. The van der Waals surface area contributed by atoms with Crippen LogP contribution >= 0.6 is 11.3 Å². The maximum Gasteiger partial charge on any atom is 0.337 e. The molecule has 4 heteroatoms. The van der Waals surface area contributed by atoms with Gasteiger partial charge in [0.1, 0.15) is 0 Å². The van der Waals surface area contributed by atoms with Gasteiger partial charge >= 0.3 is 5.97 Å². The first-order chi connectivity index (χ1) is 7.18. The van der Waals surface area contributed by atoms with Gasteiger partial charge in [0, 0.05) is 22.8 Å². The van der Waals surface area contributed by atoms with E-state index >= 15 is 0 Å². The van der Waals surface area contributed by atoms with Gasteiger partial charge in [0.2, 0.25) is 0 Å². The average molecular weight is 219 g/mol. The van der Waals surface area contributed by atoms with Gasteiger partial charge < -0.3 is 5.11 Å². The van der Waals surface area contributed by atoms with Crippen molar-refractivity contribution in [2.75, 3.05) is 0 Å². The Labute approximate surface area is 91.0 Å². The minimum Gasteiger partial charge on any atom is -0.478 e. The number of pyridine rings is 1. The molecule has 0 bridgehead atoms. The van der Waals surface area contributed by atoms with Gasteiger partial charge in [-0.3, -0.25) is 4.98 Å². The van der Waals surface area contributed by atoms with Gasteiger partial charge in [-0.25, -0.2) is 4.79 Å². The van der Waals surface area contributed by atoms with Crippen LogP contribution in [-0.4, -0.2) is 16.1 Å². The fourth-order valence-electron chi connectivity index (χ4n) is 1.35. The summed E-state index contributed by atoms with van der Waals surface area (Å²) >= 11 is 1.59. The van der Waals surface area contributed by atoms with Crippen molar-refractivity contribution in [2.24, 2.45) is 0 Å². The molecule has 0 fully saturated rings. The molecular weight excluding hydrogens is 210 g/mol. The third-order valence-electron chi connectivity index (χ3n) is 2.11. The lowest BCUT2D eigenvalue weighted by Gasteiger charge is -2.00. The standard InChI is InChI=1S/C11H9NO2S/c1-7-2-3-15-10(7)8-4-9(11(13)14)6-12-5-8/h2-6H,1H3,(H,13,14). The Morgan fingerprint density at radius 1 is 1.47 bits per heavy atom. The maximum absolute atomic E-state index is 10.8. The molecule has 15 heavy (non-hydrogen) atoms. The third kappa shape index (κ3) is 1.89. The van der Waals surface area contributed by atoms with E-state index in [0.29, 0.717) is 0 Å². The summed E-state index contributed by atoms with van der Waals surface area (Å²) in [7, 11) is 0. The van der Waals surface area contributed by atoms with Crippen molar-refractivity contribution in [3.63, 3.8) is 0 Å². The Morgan fingerprint density at radius 2 is 2.27 bits per heavy atom. The summed E-state index contributed by atoms with van der Waals surface area (Å²) in [5, 5.41) is 10.8. The first-order valence-electron chi connectivity index (χ1n) is 4.41. The van der Waals surface area contributed by atoms with Gasteiger partial charge in [0.25, 0.3) is 0 Å². The number of carbonyl (C=O) groups is 1. The number of aromatic carboxylic acids is 1. The number of carboxylic acid groups (broad SMARTS) is 1. The first-order valence-corrected chi connectivity index (χ1v) is 5.29. The molecule has 2 rings (SSSR count). The highest BCUT2D eigenvalue weighted by Crippen LogP contribution is 2.28. The molecule has 0 saturated heterocycles. The molecule has 0 unspecified atom stereocenters. The summed E-state index contributed by atoms with van der Waals surface area (Å²) in [6.45, 7) is 2.00. The molecule has 0 aliphatic heterocycles. The Morgan fingerprint density at radius 3 is 2.87 bits per heavy atom. The SMILES string of the molecule is Cc1ccsc1-c1cncc(C(=O)O)c1. The number of hydrogen-bond donors (Lipinski definition) is 1. The maximum atomic E-state index is 10.8. The van der Waals surface area contributed by atoms with Crippen LogP contribution in [0.5, 0.6) is 0 Å². The van der Waals surface area contributed by atoms with Crippen LogP contribution in [-0.2, 0) is 0 Å². The summed E-state index contributed by atoms with van der Waals surface area (Å²) in [4.78, 5) is 15.8. The normalized spacial score (nSPS) is 10.2. The topological polar surface area (TPSA) is 50.2 Å². The molecule has 0 radical (unpaired) electrons. The molecular formula is C11H9NO2S. The Bertz CT molecular complexity index is 505. The summed E-state index contributed by atoms with van der Waals surface area (Å²) in [5.41, 5.74) is 2.23. The van der Waals surface area contributed by atoms with E-state index in [0.717, 1.165) is 16.0 Å². The number of nitrogens with zero attached hydrogens (tertiary/aromatic N) is 1. The van der Waals surface area contributed by atoms with Gasteiger partial charge in [0.15, 0.2) is 0 Å². The van der Waals surface area contributed by atoms with E-state index in [1.54, 1.807) is 23.6 Å². The summed E-state index contributed by atoms with van der Waals surface area (Å²) in [6, 6.07) is 3.65. The van der Waals surface area contributed by atoms with Crippen molar-refractivity contribution >= 4 is 17.3 Å². The zero-order valence-corrected chi connectivity index (χ0v) is 8.91. The lowest BCUT2D eigenvalue weighted by atomic mass is 10.1. The molecule has 1 N–H and O–H groups in total. The van der Waals surface area contributed by atoms with Gasteiger partial charge in [-0.05, 0) is 30.0 Å². The van der Waals surface area contributed by atoms with Crippen LogP contribution in [0.1, 0.15) is 15.9 Å². The van der Waals surface area contributed by atoms with Crippen LogP contribution in [0, 0.1) is 6.92 Å². The molecule has 0 atom stereocenters. The monoisotopic (exact) mass is 219 g/mol. The van der Waals surface area contributed by atoms with E-state index in [-0.39, 0.29) is 5.56 Å². The molecule has 2 aromatic rings. The van der Waals surface area contributed by atoms with Crippen molar-refractivity contribution in [2.45, 2.75) is 6.92 Å². The average Bonchev–Trinajstić information content (AvgIpc) is 2.64. The van der Waals surface area contributed by atoms with Crippen LogP contribution in [0.25, 0.3) is 10.4 Å². The Kier molecular flexibility index (Phi) is 2.51. The van der Waals surface area contributed by atoms with Crippen molar-refractivity contribution in [3.05, 3.63) is 41.0 Å². The molecule has 0 aromatic carbocycles. The smallest absolute Gasteiger partial charge is 0.337 e. The number of aryl methyl sites for hydroxylation is 1. The van der Waals surface area contributed by atoms with E-state index < -0.39 is 5.97 Å². The molecule has 0 aliphatic rings. The van der Waals surface area contributed by atoms with Gasteiger partial charge in [-0.2, -0.15) is 0 Å². The number of carboxylic acids is 1. The molecule has 0 spiro atoms. The number of aromatic nitrogens is 1. The predicted octanol–water partition coefficient (Wildman–Crippen LogP) is 2.82. The molecule has 0 aliphatic carbocycles. The summed E-state index contributed by atoms with van der Waals surface area (Å²) in [6.07, 6.45) is 3.04. The lowest BCUT2D eigenvalue weighted by Crippen LogP contribution is -1.97. The Balaban J connectivity index is 2.50. The lowest BCUT2D eigenvalue weighted by molar-refractivity contribution is 0.0696. The third-order valence-corrected chi connectivity index (χ3v) is 3.18. The fraction of sp³-hybridized carbons (Fsp3) is 0.0909. The largest absolute Gasteiger partial charge is 0.478 e. The molecule has 0 amide bonds. The highest BCUT2D eigenvalue weighted by Gasteiger charge is 2.08. The van der Waals surface area contributed by atoms with Crippen molar-refractivity contribution in [1.82, 2.24) is 4.98 Å². The van der Waals surface area contributed by atoms with E-state index in [1.807, 2.05) is 18.4 Å². The second-order valence-electron chi connectivity index (χ2n) is 3.20. The van der Waals surface area contributed by atoms with Crippen LogP contribution < -0.4 is 0 Å². The molecule has 3 nitrogen and oxygen atoms in total. The van der Waals surface area contributed by atoms with Gasteiger partial charge in [0.05, 0.1) is 5.56 Å². The highest BCUT2D eigenvalue weighted by molar-refractivity contribution is 7.13. The number of rotatable bonds is 2. The molecule has 0 saturated carbocycles. The van der Waals surface area contributed by atoms with Crippen LogP contribution in [0.2, 0.25) is 0 Å². The van der Waals surface area contributed by atoms with E-state index in [4.69, 9.17) is 5.11 Å². The fourth-order valence-corrected chi connectivity index (χ4v) is 2.26.